The van der Waals surface area contributed by atoms with Crippen molar-refractivity contribution in [2.45, 2.75) is 64.7 Å². The molecule has 0 atom stereocenters. The van der Waals surface area contributed by atoms with E-state index < -0.39 is 17.4 Å². The first kappa shape index (κ1) is 29.9. The number of aldehydes is 2. The van der Waals surface area contributed by atoms with Gasteiger partial charge in [0.1, 0.15) is 11.5 Å². The van der Waals surface area contributed by atoms with Crippen LogP contribution < -0.4 is 9.47 Å². The van der Waals surface area contributed by atoms with Gasteiger partial charge in [0, 0.05) is 5.41 Å². The van der Waals surface area contributed by atoms with E-state index in [9.17, 15) is 19.2 Å². The van der Waals surface area contributed by atoms with E-state index in [4.69, 9.17) is 9.47 Å². The van der Waals surface area contributed by atoms with E-state index in [1.54, 1.807) is 0 Å². The maximum absolute atomic E-state index is 12.2. The number of carbonyl (C=O) groups is 4. The average Bonchev–Trinajstić information content (AvgIpc) is 2.95. The Balaban J connectivity index is 2.12. The topological polar surface area (TPSA) is 105 Å². The zero-order chi connectivity index (χ0) is 28.6. The fourth-order valence-electron chi connectivity index (χ4n) is 5.72. The van der Waals surface area contributed by atoms with Crippen LogP contribution in [-0.4, -0.2) is 51.9 Å². The molecule has 0 radical (unpaired) electrons. The predicted molar refractivity (Wildman–Crippen MR) is 146 cm³/mol. The number of aryl methyl sites for hydroxylation is 2. The summed E-state index contributed by atoms with van der Waals surface area (Å²) in [6.07, 6.45) is 7.49. The molecular weight excluding hydrogens is 500 g/mol. The van der Waals surface area contributed by atoms with E-state index in [1.807, 2.05) is 38.1 Å². The van der Waals surface area contributed by atoms with Gasteiger partial charge >= 0.3 is 11.9 Å². The van der Waals surface area contributed by atoms with Gasteiger partial charge < -0.3 is 18.9 Å². The quantitative estimate of drug-likeness (QED) is 0.265. The summed E-state index contributed by atoms with van der Waals surface area (Å²) in [4.78, 5) is 47.6. The second-order valence-electron chi connectivity index (χ2n) is 10.2. The molecule has 1 aliphatic rings. The molecule has 8 nitrogen and oxygen atoms in total. The molecule has 1 aliphatic carbocycles. The van der Waals surface area contributed by atoms with Gasteiger partial charge in [-0.2, -0.15) is 0 Å². The number of esters is 2. The maximum Gasteiger partial charge on any atom is 0.343 e. The summed E-state index contributed by atoms with van der Waals surface area (Å²) in [5, 5.41) is 0. The summed E-state index contributed by atoms with van der Waals surface area (Å²) in [6.45, 7) is 5.31. The third kappa shape index (κ3) is 6.67. The summed E-state index contributed by atoms with van der Waals surface area (Å²) in [5.41, 5.74) is 3.65. The van der Waals surface area contributed by atoms with Gasteiger partial charge in [-0.1, -0.05) is 31.9 Å². The third-order valence-electron chi connectivity index (χ3n) is 7.75. The molecule has 0 spiro atoms. The minimum Gasteiger partial charge on any atom is -0.481 e. The van der Waals surface area contributed by atoms with Crippen LogP contribution in [0, 0.1) is 19.8 Å². The molecule has 0 saturated heterocycles. The summed E-state index contributed by atoms with van der Waals surface area (Å²) in [7, 11) is 2.56. The largest absolute Gasteiger partial charge is 0.481 e. The maximum atomic E-state index is 12.2. The first-order valence-corrected chi connectivity index (χ1v) is 13.3. The van der Waals surface area contributed by atoms with Crippen LogP contribution in [-0.2, 0) is 24.5 Å². The van der Waals surface area contributed by atoms with Gasteiger partial charge in [0.15, 0.2) is 25.8 Å². The zero-order valence-electron chi connectivity index (χ0n) is 23.5. The van der Waals surface area contributed by atoms with Crippen LogP contribution in [0.2, 0.25) is 0 Å². The lowest BCUT2D eigenvalue weighted by Crippen LogP contribution is -2.34. The van der Waals surface area contributed by atoms with Crippen molar-refractivity contribution in [2.24, 2.45) is 5.92 Å². The number of rotatable bonds is 12. The van der Waals surface area contributed by atoms with Gasteiger partial charge in [-0.05, 0) is 79.8 Å². The third-order valence-corrected chi connectivity index (χ3v) is 7.75. The highest BCUT2D eigenvalue weighted by Crippen LogP contribution is 2.49. The van der Waals surface area contributed by atoms with Crippen LogP contribution in [0.25, 0.3) is 0 Å². The Morgan fingerprint density at radius 1 is 0.821 bits per heavy atom. The second kappa shape index (κ2) is 13.4. The van der Waals surface area contributed by atoms with Crippen molar-refractivity contribution in [3.8, 4) is 11.5 Å². The van der Waals surface area contributed by atoms with E-state index in [-0.39, 0.29) is 13.2 Å². The van der Waals surface area contributed by atoms with Crippen LogP contribution in [0.1, 0.15) is 88.4 Å². The van der Waals surface area contributed by atoms with E-state index in [0.717, 1.165) is 73.4 Å². The number of hydrogen-bond acceptors (Lipinski definition) is 8. The highest BCUT2D eigenvalue weighted by atomic mass is 16.6. The van der Waals surface area contributed by atoms with Gasteiger partial charge in [-0.25, -0.2) is 9.59 Å². The summed E-state index contributed by atoms with van der Waals surface area (Å²) in [5.74, 6) is 0.252. The Hall–Kier alpha value is -3.68. The predicted octanol–water partition coefficient (Wildman–Crippen LogP) is 5.31. The molecule has 0 unspecified atom stereocenters. The van der Waals surface area contributed by atoms with Gasteiger partial charge in [0.05, 0.1) is 25.3 Å². The molecule has 0 aromatic heterocycles. The first-order valence-electron chi connectivity index (χ1n) is 13.3. The monoisotopic (exact) mass is 538 g/mol. The minimum atomic E-state index is -0.535. The standard InChI is InChI=1S/C31H38O8/c1-6-7-22-8-10-31(11-9-22,25-12-20(2)29(23(14-25)16-32)38-18-27(34)36-4)26-13-21(3)30(24(15-26)17-33)39-19-28(35)37-5/h12-17,22H,6-11,18-19H2,1-5H3. The van der Waals surface area contributed by atoms with Gasteiger partial charge in [0.25, 0.3) is 0 Å². The lowest BCUT2D eigenvalue weighted by atomic mass is 9.62. The van der Waals surface area contributed by atoms with Crippen molar-refractivity contribution in [1.29, 1.82) is 0 Å². The SMILES string of the molecule is CCCC1CCC(c2cc(C)c(OCC(=O)OC)c(C=O)c2)(c2cc(C)c(OCC(=O)OC)c(C=O)c2)CC1. The Morgan fingerprint density at radius 3 is 1.62 bits per heavy atom. The molecule has 0 bridgehead atoms. The van der Waals surface area contributed by atoms with Crippen LogP contribution >= 0.6 is 0 Å². The smallest absolute Gasteiger partial charge is 0.343 e. The Labute approximate surface area is 230 Å². The van der Waals surface area contributed by atoms with Crippen molar-refractivity contribution in [1.82, 2.24) is 0 Å². The zero-order valence-corrected chi connectivity index (χ0v) is 23.5. The Bertz CT molecular complexity index is 1120. The molecule has 2 aromatic rings. The number of benzene rings is 2. The van der Waals surface area contributed by atoms with Gasteiger partial charge in [-0.15, -0.1) is 0 Å². The number of carbonyl (C=O) groups excluding carboxylic acids is 4. The molecular formula is C31H38O8. The normalized spacial score (nSPS) is 14.8. The van der Waals surface area contributed by atoms with Crippen LogP contribution in [0.15, 0.2) is 24.3 Å². The van der Waals surface area contributed by atoms with E-state index in [0.29, 0.717) is 28.5 Å². The van der Waals surface area contributed by atoms with Crippen LogP contribution in [0.4, 0.5) is 0 Å². The molecule has 1 fully saturated rings. The van der Waals surface area contributed by atoms with Gasteiger partial charge in [-0.3, -0.25) is 9.59 Å². The van der Waals surface area contributed by atoms with Crippen molar-refractivity contribution < 1.29 is 38.1 Å². The Morgan fingerprint density at radius 2 is 1.26 bits per heavy atom. The molecule has 2 aromatic carbocycles. The van der Waals surface area contributed by atoms with Crippen molar-refractivity contribution in [2.75, 3.05) is 27.4 Å². The molecule has 3 rings (SSSR count). The average molecular weight is 539 g/mol. The lowest BCUT2D eigenvalue weighted by Gasteiger charge is -2.42. The minimum absolute atomic E-state index is 0.295. The molecule has 0 amide bonds. The van der Waals surface area contributed by atoms with E-state index in [1.165, 1.54) is 14.2 Å². The van der Waals surface area contributed by atoms with Crippen molar-refractivity contribution >= 4 is 24.5 Å². The molecule has 210 valence electrons. The summed E-state index contributed by atoms with van der Waals surface area (Å²) in [6, 6.07) is 7.70. The molecule has 0 aliphatic heterocycles. The van der Waals surface area contributed by atoms with E-state index in [2.05, 4.69) is 16.4 Å². The number of methoxy groups -OCH3 is 2. The molecule has 0 N–H and O–H groups in total. The van der Waals surface area contributed by atoms with Crippen LogP contribution in [0.5, 0.6) is 11.5 Å². The number of hydrogen-bond donors (Lipinski definition) is 0. The van der Waals surface area contributed by atoms with E-state index >= 15 is 0 Å². The summed E-state index contributed by atoms with van der Waals surface area (Å²) < 4.78 is 20.7. The van der Waals surface area contributed by atoms with Crippen LogP contribution in [0.3, 0.4) is 0 Å². The fraction of sp³-hybridized carbons (Fsp3) is 0.484. The van der Waals surface area contributed by atoms with Crippen molar-refractivity contribution in [3.05, 3.63) is 57.6 Å². The highest BCUT2D eigenvalue weighted by Gasteiger charge is 2.40. The fourth-order valence-corrected chi connectivity index (χ4v) is 5.72. The summed E-state index contributed by atoms with van der Waals surface area (Å²) >= 11 is 0. The number of ether oxygens (including phenoxy) is 4. The molecule has 39 heavy (non-hydrogen) atoms. The Kier molecular flexibility index (Phi) is 10.3. The second-order valence-corrected chi connectivity index (χ2v) is 10.2. The molecule has 0 heterocycles. The first-order chi connectivity index (χ1) is 18.7. The highest BCUT2D eigenvalue weighted by molar-refractivity contribution is 5.83. The lowest BCUT2D eigenvalue weighted by molar-refractivity contribution is -0.143. The van der Waals surface area contributed by atoms with Gasteiger partial charge in [0.2, 0.25) is 0 Å². The van der Waals surface area contributed by atoms with Crippen molar-refractivity contribution in [3.63, 3.8) is 0 Å². The molecule has 1 saturated carbocycles. The molecule has 8 heteroatoms.